The molecule has 0 saturated carbocycles. The van der Waals surface area contributed by atoms with Crippen LogP contribution in [-0.2, 0) is 4.79 Å². The van der Waals surface area contributed by atoms with Gasteiger partial charge in [-0.1, -0.05) is 30.3 Å². The Morgan fingerprint density at radius 1 is 1.12 bits per heavy atom. The van der Waals surface area contributed by atoms with E-state index in [9.17, 15) is 4.79 Å². The quantitative estimate of drug-likeness (QED) is 0.728. The van der Waals surface area contributed by atoms with Gasteiger partial charge in [0.15, 0.2) is 0 Å². The Bertz CT molecular complexity index is 565. The number of amides is 1. The number of benzene rings is 2. The molecule has 3 nitrogen and oxygen atoms in total. The van der Waals surface area contributed by atoms with Crippen molar-refractivity contribution >= 4 is 22.4 Å². The van der Waals surface area contributed by atoms with Crippen LogP contribution in [0.25, 0.3) is 10.8 Å². The molecule has 1 heterocycles. The predicted octanol–water partition coefficient (Wildman–Crippen LogP) is 1.51. The Kier molecular flexibility index (Phi) is 1.94. The summed E-state index contributed by atoms with van der Waals surface area (Å²) in [5.41, 5.74) is 6.51. The summed E-state index contributed by atoms with van der Waals surface area (Å²) in [5, 5.41) is 2.33. The van der Waals surface area contributed by atoms with Gasteiger partial charge < -0.3 is 10.6 Å². The summed E-state index contributed by atoms with van der Waals surface area (Å²) in [6, 6.07) is 13.8. The maximum absolute atomic E-state index is 11.5. The summed E-state index contributed by atoms with van der Waals surface area (Å²) >= 11 is 0. The number of nitrogens with zero attached hydrogens (tertiary/aromatic N) is 1. The van der Waals surface area contributed by atoms with Crippen molar-refractivity contribution in [2.75, 3.05) is 11.4 Å². The predicted molar refractivity (Wildman–Crippen MR) is 64.3 cm³/mol. The molecule has 0 aromatic heterocycles. The molecule has 3 rings (SSSR count). The molecule has 80 valence electrons. The van der Waals surface area contributed by atoms with E-state index in [1.54, 1.807) is 4.90 Å². The molecule has 2 N–H and O–H groups in total. The van der Waals surface area contributed by atoms with Gasteiger partial charge in [-0.3, -0.25) is 4.79 Å². The van der Waals surface area contributed by atoms with Gasteiger partial charge in [0, 0.05) is 5.69 Å². The number of carbonyl (C=O) groups is 1. The van der Waals surface area contributed by atoms with Gasteiger partial charge in [0.05, 0.1) is 6.54 Å². The number of carbonyl (C=O) groups excluding carboxylic acids is 1. The molecule has 3 heteroatoms. The highest BCUT2D eigenvalue weighted by atomic mass is 16.2. The topological polar surface area (TPSA) is 46.3 Å². The molecule has 1 unspecified atom stereocenters. The molecular weight excluding hydrogens is 200 g/mol. The average Bonchev–Trinajstić information content (AvgIpc) is 2.35. The summed E-state index contributed by atoms with van der Waals surface area (Å²) in [6.07, 6.45) is 0. The zero-order valence-corrected chi connectivity index (χ0v) is 8.76. The number of nitrogens with two attached hydrogens (primary N) is 1. The molecule has 1 fully saturated rings. The molecule has 1 aliphatic rings. The fourth-order valence-corrected chi connectivity index (χ4v) is 2.03. The van der Waals surface area contributed by atoms with Crippen LogP contribution >= 0.6 is 0 Å². The highest BCUT2D eigenvalue weighted by Gasteiger charge is 2.34. The van der Waals surface area contributed by atoms with Gasteiger partial charge in [-0.05, 0) is 22.9 Å². The lowest BCUT2D eigenvalue weighted by atomic mass is 10.0. The largest absolute Gasteiger partial charge is 0.318 e. The molecule has 2 aromatic rings. The van der Waals surface area contributed by atoms with E-state index in [0.717, 1.165) is 11.1 Å². The third-order valence-corrected chi connectivity index (χ3v) is 3.01. The Balaban J connectivity index is 2.03. The molecular formula is C13H12N2O. The molecule has 1 amide bonds. The highest BCUT2D eigenvalue weighted by molar-refractivity contribution is 6.05. The summed E-state index contributed by atoms with van der Waals surface area (Å²) in [4.78, 5) is 13.2. The van der Waals surface area contributed by atoms with Crippen LogP contribution in [-0.4, -0.2) is 18.5 Å². The first-order valence-corrected chi connectivity index (χ1v) is 5.31. The van der Waals surface area contributed by atoms with Crippen LogP contribution in [0.3, 0.4) is 0 Å². The third-order valence-electron chi connectivity index (χ3n) is 3.01. The number of hydrogen-bond acceptors (Lipinski definition) is 2. The minimum atomic E-state index is -0.313. The zero-order chi connectivity index (χ0) is 11.1. The lowest BCUT2D eigenvalue weighted by molar-refractivity contribution is -0.123. The van der Waals surface area contributed by atoms with E-state index in [2.05, 4.69) is 6.07 Å². The Morgan fingerprint density at radius 3 is 2.56 bits per heavy atom. The minimum absolute atomic E-state index is 0.00952. The van der Waals surface area contributed by atoms with Gasteiger partial charge in [0.2, 0.25) is 5.91 Å². The molecule has 0 radical (unpaired) electrons. The molecule has 0 bridgehead atoms. The second kappa shape index (κ2) is 3.32. The van der Waals surface area contributed by atoms with E-state index in [0.29, 0.717) is 6.54 Å². The first-order chi connectivity index (χ1) is 7.75. The summed E-state index contributed by atoms with van der Waals surface area (Å²) in [7, 11) is 0. The number of β-lactam (4-membered cyclic amide) rings is 1. The highest BCUT2D eigenvalue weighted by Crippen LogP contribution is 2.25. The van der Waals surface area contributed by atoms with Crippen molar-refractivity contribution in [3.8, 4) is 0 Å². The Hall–Kier alpha value is -1.87. The number of anilines is 1. The molecule has 16 heavy (non-hydrogen) atoms. The van der Waals surface area contributed by atoms with E-state index in [-0.39, 0.29) is 11.9 Å². The SMILES string of the molecule is NC1CN(c2ccc3ccccc3c2)C1=O. The van der Waals surface area contributed by atoms with Crippen LogP contribution in [0.2, 0.25) is 0 Å². The fraction of sp³-hybridized carbons (Fsp3) is 0.154. The van der Waals surface area contributed by atoms with Gasteiger partial charge in [0.1, 0.15) is 6.04 Å². The number of fused-ring (bicyclic) bond motifs is 1. The first-order valence-electron chi connectivity index (χ1n) is 5.31. The van der Waals surface area contributed by atoms with Crippen LogP contribution in [0.1, 0.15) is 0 Å². The van der Waals surface area contributed by atoms with Crippen molar-refractivity contribution in [1.29, 1.82) is 0 Å². The minimum Gasteiger partial charge on any atom is -0.318 e. The van der Waals surface area contributed by atoms with Gasteiger partial charge in [0.25, 0.3) is 0 Å². The van der Waals surface area contributed by atoms with Crippen LogP contribution in [0.15, 0.2) is 42.5 Å². The number of hydrogen-bond donors (Lipinski definition) is 1. The van der Waals surface area contributed by atoms with Gasteiger partial charge in [-0.15, -0.1) is 0 Å². The second-order valence-corrected chi connectivity index (χ2v) is 4.09. The second-order valence-electron chi connectivity index (χ2n) is 4.09. The van der Waals surface area contributed by atoms with E-state index in [1.165, 1.54) is 5.39 Å². The smallest absolute Gasteiger partial charge is 0.245 e. The van der Waals surface area contributed by atoms with Gasteiger partial charge in [-0.25, -0.2) is 0 Å². The van der Waals surface area contributed by atoms with E-state index >= 15 is 0 Å². The van der Waals surface area contributed by atoms with Crippen molar-refractivity contribution in [3.05, 3.63) is 42.5 Å². The lowest BCUT2D eigenvalue weighted by Crippen LogP contribution is -2.61. The maximum atomic E-state index is 11.5. The molecule has 1 atom stereocenters. The maximum Gasteiger partial charge on any atom is 0.245 e. The van der Waals surface area contributed by atoms with Gasteiger partial charge in [-0.2, -0.15) is 0 Å². The first kappa shape index (κ1) is 9.36. The Labute approximate surface area is 93.5 Å². The molecule has 1 saturated heterocycles. The standard InChI is InChI=1S/C13H12N2O/c14-12-8-15(13(12)16)11-6-5-9-3-1-2-4-10(9)7-11/h1-7,12H,8,14H2. The summed E-state index contributed by atoms with van der Waals surface area (Å²) < 4.78 is 0. The van der Waals surface area contributed by atoms with Crippen molar-refractivity contribution in [2.24, 2.45) is 5.73 Å². The van der Waals surface area contributed by atoms with E-state index < -0.39 is 0 Å². The molecule has 1 aliphatic heterocycles. The number of rotatable bonds is 1. The monoisotopic (exact) mass is 212 g/mol. The van der Waals surface area contributed by atoms with E-state index in [4.69, 9.17) is 5.73 Å². The molecule has 0 spiro atoms. The molecule has 0 aliphatic carbocycles. The van der Waals surface area contributed by atoms with Crippen molar-refractivity contribution in [2.45, 2.75) is 6.04 Å². The zero-order valence-electron chi connectivity index (χ0n) is 8.76. The summed E-state index contributed by atoms with van der Waals surface area (Å²) in [5.74, 6) is 0.00952. The van der Waals surface area contributed by atoms with Crippen LogP contribution < -0.4 is 10.6 Å². The molecule has 2 aromatic carbocycles. The fourth-order valence-electron chi connectivity index (χ4n) is 2.03. The average molecular weight is 212 g/mol. The Morgan fingerprint density at radius 2 is 1.88 bits per heavy atom. The van der Waals surface area contributed by atoms with Crippen LogP contribution in [0.4, 0.5) is 5.69 Å². The third kappa shape index (κ3) is 1.29. The van der Waals surface area contributed by atoms with Crippen molar-refractivity contribution in [1.82, 2.24) is 0 Å². The summed E-state index contributed by atoms with van der Waals surface area (Å²) in [6.45, 7) is 0.622. The normalized spacial score (nSPS) is 19.9. The lowest BCUT2D eigenvalue weighted by Gasteiger charge is -2.36. The van der Waals surface area contributed by atoms with Crippen molar-refractivity contribution < 1.29 is 4.79 Å². The van der Waals surface area contributed by atoms with Crippen molar-refractivity contribution in [3.63, 3.8) is 0 Å². The van der Waals surface area contributed by atoms with Gasteiger partial charge >= 0.3 is 0 Å². The van der Waals surface area contributed by atoms with Crippen LogP contribution in [0, 0.1) is 0 Å². The van der Waals surface area contributed by atoms with E-state index in [1.807, 2.05) is 36.4 Å². The van der Waals surface area contributed by atoms with Crippen LogP contribution in [0.5, 0.6) is 0 Å².